The van der Waals surface area contributed by atoms with Crippen molar-refractivity contribution < 1.29 is 24.2 Å². The third kappa shape index (κ3) is 4.19. The summed E-state index contributed by atoms with van der Waals surface area (Å²) in [4.78, 5) is 24.7. The van der Waals surface area contributed by atoms with Crippen molar-refractivity contribution in [2.24, 2.45) is 0 Å². The summed E-state index contributed by atoms with van der Waals surface area (Å²) in [5.41, 5.74) is 2.64. The van der Waals surface area contributed by atoms with Gasteiger partial charge in [-0.2, -0.15) is 0 Å². The fourth-order valence-corrected chi connectivity index (χ4v) is 3.78. The van der Waals surface area contributed by atoms with Crippen molar-refractivity contribution in [1.29, 1.82) is 0 Å². The van der Waals surface area contributed by atoms with Gasteiger partial charge in [0, 0.05) is 27.5 Å². The summed E-state index contributed by atoms with van der Waals surface area (Å²) in [6.45, 7) is 3.58. The molecule has 2 aromatic rings. The Morgan fingerprint density at radius 2 is 1.67 bits per heavy atom. The molecule has 1 heterocycles. The van der Waals surface area contributed by atoms with E-state index in [1.807, 2.05) is 18.2 Å². The molecular weight excluding hydrogens is 406 g/mol. The molecule has 7 heteroatoms. The zero-order valence-electron chi connectivity index (χ0n) is 16.9. The van der Waals surface area contributed by atoms with E-state index in [4.69, 9.17) is 21.1 Å². The minimum atomic E-state index is -1.13. The Morgan fingerprint density at radius 1 is 1.03 bits per heavy atom. The topological polar surface area (TPSA) is 84.9 Å². The van der Waals surface area contributed by atoms with E-state index in [0.717, 1.165) is 5.56 Å². The molecule has 2 aromatic carbocycles. The summed E-state index contributed by atoms with van der Waals surface area (Å²) >= 11 is 6.22. The molecule has 0 fully saturated rings. The van der Waals surface area contributed by atoms with E-state index in [2.05, 4.69) is 5.32 Å². The van der Waals surface area contributed by atoms with Gasteiger partial charge in [-0.15, -0.1) is 0 Å². The van der Waals surface area contributed by atoms with Crippen molar-refractivity contribution in [2.45, 2.75) is 26.4 Å². The predicted octanol–water partition coefficient (Wildman–Crippen LogP) is 4.41. The van der Waals surface area contributed by atoms with Crippen molar-refractivity contribution in [3.05, 3.63) is 87.2 Å². The number of dihydropyridines is 1. The Labute approximate surface area is 179 Å². The zero-order chi connectivity index (χ0) is 21.8. The van der Waals surface area contributed by atoms with Gasteiger partial charge in [-0.05, 0) is 26.0 Å². The first-order chi connectivity index (χ1) is 14.3. The van der Waals surface area contributed by atoms with Crippen molar-refractivity contribution in [3.8, 4) is 5.75 Å². The van der Waals surface area contributed by atoms with Gasteiger partial charge in [0.25, 0.3) is 0 Å². The SMILES string of the molecule is COC(=O)C1=C(C)NC(C)=C(C(=O)O)C1c1ccccc1OCc1ccccc1Cl. The van der Waals surface area contributed by atoms with E-state index >= 15 is 0 Å². The van der Waals surface area contributed by atoms with Gasteiger partial charge in [-0.3, -0.25) is 0 Å². The number of carboxylic acid groups (broad SMARTS) is 1. The lowest BCUT2D eigenvalue weighted by Crippen LogP contribution is -2.31. The number of carboxylic acids is 1. The monoisotopic (exact) mass is 427 g/mol. The molecule has 2 N–H and O–H groups in total. The van der Waals surface area contributed by atoms with E-state index in [-0.39, 0.29) is 17.8 Å². The van der Waals surface area contributed by atoms with Gasteiger partial charge in [-0.1, -0.05) is 48.0 Å². The van der Waals surface area contributed by atoms with Crippen LogP contribution in [0.15, 0.2) is 71.1 Å². The summed E-state index contributed by atoms with van der Waals surface area (Å²) in [5.74, 6) is -2.11. The summed E-state index contributed by atoms with van der Waals surface area (Å²) in [6.07, 6.45) is 0. The minimum absolute atomic E-state index is 0.0646. The molecule has 1 aliphatic heterocycles. The Hall–Kier alpha value is -3.25. The number of hydrogen-bond donors (Lipinski definition) is 2. The zero-order valence-corrected chi connectivity index (χ0v) is 17.6. The van der Waals surface area contributed by atoms with E-state index < -0.39 is 17.9 Å². The van der Waals surface area contributed by atoms with Crippen molar-refractivity contribution in [1.82, 2.24) is 5.32 Å². The van der Waals surface area contributed by atoms with Gasteiger partial charge in [0.2, 0.25) is 0 Å². The highest BCUT2D eigenvalue weighted by atomic mass is 35.5. The summed E-state index contributed by atoms with van der Waals surface area (Å²) < 4.78 is 11.0. The Bertz CT molecular complexity index is 1060. The molecule has 156 valence electrons. The van der Waals surface area contributed by atoms with Crippen LogP contribution < -0.4 is 10.1 Å². The van der Waals surface area contributed by atoms with Gasteiger partial charge < -0.3 is 19.9 Å². The molecule has 0 radical (unpaired) electrons. The molecule has 0 aliphatic carbocycles. The van der Waals surface area contributed by atoms with Crippen LogP contribution >= 0.6 is 11.6 Å². The molecule has 0 saturated carbocycles. The smallest absolute Gasteiger partial charge is 0.336 e. The van der Waals surface area contributed by atoms with Crippen molar-refractivity contribution >= 4 is 23.5 Å². The normalized spacial score (nSPS) is 16.2. The van der Waals surface area contributed by atoms with Crippen molar-refractivity contribution in [2.75, 3.05) is 7.11 Å². The lowest BCUT2D eigenvalue weighted by molar-refractivity contribution is -0.136. The van der Waals surface area contributed by atoms with E-state index in [0.29, 0.717) is 27.7 Å². The lowest BCUT2D eigenvalue weighted by Gasteiger charge is -2.30. The van der Waals surface area contributed by atoms with Crippen LogP contribution in [0.25, 0.3) is 0 Å². The highest BCUT2D eigenvalue weighted by molar-refractivity contribution is 6.31. The number of rotatable bonds is 6. The van der Waals surface area contributed by atoms with Gasteiger partial charge in [0.05, 0.1) is 24.2 Å². The fourth-order valence-electron chi connectivity index (χ4n) is 3.59. The Morgan fingerprint density at radius 3 is 2.33 bits per heavy atom. The molecule has 3 rings (SSSR count). The van der Waals surface area contributed by atoms with Crippen molar-refractivity contribution in [3.63, 3.8) is 0 Å². The molecule has 1 unspecified atom stereocenters. The molecule has 0 amide bonds. The second kappa shape index (κ2) is 9.05. The van der Waals surface area contributed by atoms with Crippen LogP contribution in [0.2, 0.25) is 5.02 Å². The van der Waals surface area contributed by atoms with Gasteiger partial charge in [-0.25, -0.2) is 9.59 Å². The molecule has 0 saturated heterocycles. The molecule has 30 heavy (non-hydrogen) atoms. The number of halogens is 1. The van der Waals surface area contributed by atoms with Gasteiger partial charge >= 0.3 is 11.9 Å². The quantitative estimate of drug-likeness (QED) is 0.664. The number of para-hydroxylation sites is 1. The van der Waals surface area contributed by atoms with E-state index in [1.54, 1.807) is 44.2 Å². The first kappa shape index (κ1) is 21.5. The van der Waals surface area contributed by atoms with Gasteiger partial charge in [0.15, 0.2) is 0 Å². The number of ether oxygens (including phenoxy) is 2. The second-order valence-electron chi connectivity index (χ2n) is 6.85. The van der Waals surface area contributed by atoms with E-state index in [1.165, 1.54) is 7.11 Å². The van der Waals surface area contributed by atoms with Crippen LogP contribution in [0, 0.1) is 0 Å². The highest BCUT2D eigenvalue weighted by Crippen LogP contribution is 2.42. The average Bonchev–Trinajstić information content (AvgIpc) is 2.72. The number of carbonyl (C=O) groups excluding carboxylic acids is 1. The number of allylic oxidation sites excluding steroid dienone is 2. The maximum absolute atomic E-state index is 12.6. The first-order valence-corrected chi connectivity index (χ1v) is 9.68. The number of esters is 1. The van der Waals surface area contributed by atoms with Gasteiger partial charge in [0.1, 0.15) is 12.4 Å². The fraction of sp³-hybridized carbons (Fsp3) is 0.217. The molecule has 1 aliphatic rings. The summed E-state index contributed by atoms with van der Waals surface area (Å²) in [5, 5.41) is 13.5. The third-order valence-electron chi connectivity index (χ3n) is 4.97. The van der Waals surface area contributed by atoms with Crippen LogP contribution in [-0.4, -0.2) is 24.2 Å². The summed E-state index contributed by atoms with van der Waals surface area (Å²) in [7, 11) is 1.27. The minimum Gasteiger partial charge on any atom is -0.489 e. The number of methoxy groups -OCH3 is 1. The largest absolute Gasteiger partial charge is 0.489 e. The molecule has 0 spiro atoms. The number of nitrogens with one attached hydrogen (secondary N) is 1. The molecular formula is C23H22ClNO5. The van der Waals surface area contributed by atoms with E-state index in [9.17, 15) is 14.7 Å². The standard InChI is InChI=1S/C23H22ClNO5/c1-13-19(22(26)27)21(20(14(2)25-13)23(28)29-3)16-9-5-7-11-18(16)30-12-15-8-4-6-10-17(15)24/h4-11,21,25H,12H2,1-3H3,(H,26,27). The lowest BCUT2D eigenvalue weighted by atomic mass is 9.80. The summed E-state index contributed by atoms with van der Waals surface area (Å²) in [6, 6.07) is 14.4. The maximum atomic E-state index is 12.6. The second-order valence-corrected chi connectivity index (χ2v) is 7.26. The van der Waals surface area contributed by atoms with Crippen LogP contribution in [-0.2, 0) is 20.9 Å². The first-order valence-electron chi connectivity index (χ1n) is 9.30. The van der Waals surface area contributed by atoms with Crippen LogP contribution in [0.3, 0.4) is 0 Å². The number of hydrogen-bond acceptors (Lipinski definition) is 5. The third-order valence-corrected chi connectivity index (χ3v) is 5.34. The highest BCUT2D eigenvalue weighted by Gasteiger charge is 2.38. The number of benzene rings is 2. The Balaban J connectivity index is 2.09. The maximum Gasteiger partial charge on any atom is 0.336 e. The number of aliphatic carboxylic acids is 1. The molecule has 0 aromatic heterocycles. The Kier molecular flexibility index (Phi) is 6.47. The van der Waals surface area contributed by atoms with Crippen LogP contribution in [0.1, 0.15) is 30.9 Å². The number of carbonyl (C=O) groups is 2. The van der Waals surface area contributed by atoms with Crippen LogP contribution in [0.5, 0.6) is 5.75 Å². The predicted molar refractivity (Wildman–Crippen MR) is 113 cm³/mol. The average molecular weight is 428 g/mol. The molecule has 6 nitrogen and oxygen atoms in total. The van der Waals surface area contributed by atoms with Crippen LogP contribution in [0.4, 0.5) is 0 Å². The molecule has 0 bridgehead atoms. The molecule has 1 atom stereocenters.